The van der Waals surface area contributed by atoms with E-state index in [1.807, 2.05) is 0 Å². The third kappa shape index (κ3) is 3.20. The SMILES string of the molecule is CC(C)(C)c1c2cc3c(cc2c(C(C)(C)C)c2cc4c(cc12)C(C)(C)c1ccccc1-4)C(C)(C)c1ccccc1-3. The van der Waals surface area contributed by atoms with Crippen molar-refractivity contribution in [3.8, 4) is 22.3 Å². The summed E-state index contributed by atoms with van der Waals surface area (Å²) in [6, 6.07) is 28.4. The lowest BCUT2D eigenvalue weighted by Gasteiger charge is -2.32. The fourth-order valence-electron chi connectivity index (χ4n) is 8.23. The van der Waals surface area contributed by atoms with Gasteiger partial charge in [-0.2, -0.15) is 0 Å². The van der Waals surface area contributed by atoms with Crippen molar-refractivity contribution in [2.75, 3.05) is 0 Å². The fourth-order valence-corrected chi connectivity index (χ4v) is 8.23. The molecule has 2 aliphatic carbocycles. The molecule has 202 valence electrons. The van der Waals surface area contributed by atoms with Crippen LogP contribution in [-0.2, 0) is 21.7 Å². The molecule has 2 aliphatic rings. The average molecular weight is 523 g/mol. The molecule has 0 atom stereocenters. The Morgan fingerprint density at radius 3 is 1.07 bits per heavy atom. The van der Waals surface area contributed by atoms with Crippen molar-refractivity contribution < 1.29 is 0 Å². The monoisotopic (exact) mass is 522 g/mol. The van der Waals surface area contributed by atoms with Gasteiger partial charge in [-0.05, 0) is 112 Å². The van der Waals surface area contributed by atoms with Gasteiger partial charge in [-0.15, -0.1) is 0 Å². The highest BCUT2D eigenvalue weighted by molar-refractivity contribution is 6.11. The number of fused-ring (bicyclic) bond motifs is 8. The van der Waals surface area contributed by atoms with Gasteiger partial charge in [0.2, 0.25) is 0 Å². The van der Waals surface area contributed by atoms with E-state index in [4.69, 9.17) is 0 Å². The van der Waals surface area contributed by atoms with Crippen molar-refractivity contribution in [2.24, 2.45) is 0 Å². The normalized spacial score (nSPS) is 16.6. The summed E-state index contributed by atoms with van der Waals surface area (Å²) in [5.41, 5.74) is 14.3. The summed E-state index contributed by atoms with van der Waals surface area (Å²) in [5, 5.41) is 5.69. The molecule has 5 aromatic carbocycles. The van der Waals surface area contributed by atoms with E-state index >= 15 is 0 Å². The summed E-state index contributed by atoms with van der Waals surface area (Å²) in [6.07, 6.45) is 0. The summed E-state index contributed by atoms with van der Waals surface area (Å²) in [6.45, 7) is 24.0. The summed E-state index contributed by atoms with van der Waals surface area (Å²) in [5.74, 6) is 0. The quantitative estimate of drug-likeness (QED) is 0.177. The minimum atomic E-state index is -0.0208. The van der Waals surface area contributed by atoms with Crippen molar-refractivity contribution >= 4 is 21.5 Å². The van der Waals surface area contributed by atoms with Crippen LogP contribution in [0.5, 0.6) is 0 Å². The molecule has 0 saturated heterocycles. The van der Waals surface area contributed by atoms with Gasteiger partial charge in [0.25, 0.3) is 0 Å². The second kappa shape index (κ2) is 7.67. The van der Waals surface area contributed by atoms with E-state index in [9.17, 15) is 0 Å². The first-order valence-corrected chi connectivity index (χ1v) is 15.0. The van der Waals surface area contributed by atoms with Gasteiger partial charge in [-0.1, -0.05) is 118 Å². The molecule has 0 bridgehead atoms. The zero-order valence-electron chi connectivity index (χ0n) is 25.9. The van der Waals surface area contributed by atoms with Crippen molar-refractivity contribution in [3.05, 3.63) is 106 Å². The lowest BCUT2D eigenvalue weighted by Crippen LogP contribution is -2.20. The maximum Gasteiger partial charge on any atom is 0.0159 e. The standard InChI is InChI=1S/C40H42/c1-37(2,3)35-27-19-25-23-15-11-13-17-31(23)40(9,10)34(25)22-30(27)36(38(4,5)6)28-20-26-24-16-12-14-18-32(24)39(7,8)33(26)21-29(28)35/h11-22H,1-10H3. The van der Waals surface area contributed by atoms with Gasteiger partial charge >= 0.3 is 0 Å². The van der Waals surface area contributed by atoms with Crippen LogP contribution in [0.4, 0.5) is 0 Å². The molecule has 40 heavy (non-hydrogen) atoms. The van der Waals surface area contributed by atoms with Crippen LogP contribution in [0.2, 0.25) is 0 Å². The Kier molecular flexibility index (Phi) is 4.90. The Labute approximate surface area is 240 Å². The lowest BCUT2D eigenvalue weighted by molar-refractivity contribution is 0.592. The van der Waals surface area contributed by atoms with E-state index in [0.717, 1.165) is 0 Å². The van der Waals surface area contributed by atoms with Gasteiger partial charge in [-0.25, -0.2) is 0 Å². The summed E-state index contributed by atoms with van der Waals surface area (Å²) >= 11 is 0. The molecule has 0 N–H and O–H groups in total. The molecule has 7 rings (SSSR count). The molecular weight excluding hydrogens is 480 g/mol. The van der Waals surface area contributed by atoms with Crippen molar-refractivity contribution in [2.45, 2.75) is 90.9 Å². The van der Waals surface area contributed by atoms with E-state index in [2.05, 4.69) is 142 Å². The number of hydrogen-bond acceptors (Lipinski definition) is 0. The Balaban J connectivity index is 1.72. The lowest BCUT2D eigenvalue weighted by atomic mass is 9.71. The van der Waals surface area contributed by atoms with E-state index in [1.165, 1.54) is 77.2 Å². The van der Waals surface area contributed by atoms with Gasteiger partial charge in [-0.3, -0.25) is 0 Å². The van der Waals surface area contributed by atoms with Gasteiger partial charge < -0.3 is 0 Å². The third-order valence-electron chi connectivity index (χ3n) is 10.0. The molecular formula is C40H42. The highest BCUT2D eigenvalue weighted by Crippen LogP contribution is 2.55. The van der Waals surface area contributed by atoms with Crippen LogP contribution in [0.25, 0.3) is 43.8 Å². The van der Waals surface area contributed by atoms with E-state index in [1.54, 1.807) is 0 Å². The molecule has 0 aliphatic heterocycles. The second-order valence-corrected chi connectivity index (χ2v) is 15.5. The van der Waals surface area contributed by atoms with Crippen molar-refractivity contribution in [1.82, 2.24) is 0 Å². The summed E-state index contributed by atoms with van der Waals surface area (Å²) in [7, 11) is 0. The third-order valence-corrected chi connectivity index (χ3v) is 10.0. The molecule has 0 spiro atoms. The van der Waals surface area contributed by atoms with E-state index in [0.29, 0.717) is 0 Å². The maximum atomic E-state index is 2.57. The topological polar surface area (TPSA) is 0 Å². The highest BCUT2D eigenvalue weighted by Gasteiger charge is 2.39. The summed E-state index contributed by atoms with van der Waals surface area (Å²) in [4.78, 5) is 0. The zero-order chi connectivity index (χ0) is 28.6. The number of rotatable bonds is 0. The number of hydrogen-bond donors (Lipinski definition) is 0. The molecule has 0 fully saturated rings. The minimum absolute atomic E-state index is 0.0153. The Morgan fingerprint density at radius 1 is 0.400 bits per heavy atom. The largest absolute Gasteiger partial charge is 0.0619 e. The van der Waals surface area contributed by atoms with Crippen molar-refractivity contribution in [1.29, 1.82) is 0 Å². The molecule has 0 radical (unpaired) electrons. The van der Waals surface area contributed by atoms with Crippen LogP contribution in [0, 0.1) is 0 Å². The Hall–Kier alpha value is -3.38. The van der Waals surface area contributed by atoms with Gasteiger partial charge in [0.15, 0.2) is 0 Å². The average Bonchev–Trinajstić information content (AvgIpc) is 3.23. The molecule has 0 saturated carbocycles. The van der Waals surface area contributed by atoms with Crippen LogP contribution in [-0.4, -0.2) is 0 Å². The van der Waals surface area contributed by atoms with Crippen molar-refractivity contribution in [3.63, 3.8) is 0 Å². The van der Waals surface area contributed by atoms with E-state index in [-0.39, 0.29) is 21.7 Å². The Morgan fingerprint density at radius 2 is 0.725 bits per heavy atom. The summed E-state index contributed by atoms with van der Waals surface area (Å²) < 4.78 is 0. The second-order valence-electron chi connectivity index (χ2n) is 15.5. The molecule has 5 aromatic rings. The Bertz CT molecular complexity index is 1750. The zero-order valence-corrected chi connectivity index (χ0v) is 25.9. The van der Waals surface area contributed by atoms with E-state index < -0.39 is 0 Å². The number of benzene rings is 5. The first-order valence-electron chi connectivity index (χ1n) is 15.0. The predicted octanol–water partition coefficient (Wildman–Crippen LogP) is 11.2. The van der Waals surface area contributed by atoms with Gasteiger partial charge in [0.1, 0.15) is 0 Å². The fraction of sp³-hybridized carbons (Fsp3) is 0.350. The van der Waals surface area contributed by atoms with Gasteiger partial charge in [0, 0.05) is 10.8 Å². The van der Waals surface area contributed by atoms with Crippen LogP contribution in [0.3, 0.4) is 0 Å². The van der Waals surface area contributed by atoms with Crippen LogP contribution in [0.15, 0.2) is 72.8 Å². The highest BCUT2D eigenvalue weighted by atomic mass is 14.4. The van der Waals surface area contributed by atoms with Crippen LogP contribution < -0.4 is 0 Å². The van der Waals surface area contributed by atoms with Crippen LogP contribution >= 0.6 is 0 Å². The maximum absolute atomic E-state index is 2.57. The predicted molar refractivity (Wildman–Crippen MR) is 174 cm³/mol. The first kappa shape index (κ1) is 25.6. The smallest absolute Gasteiger partial charge is 0.0159 e. The van der Waals surface area contributed by atoms with Crippen LogP contribution in [0.1, 0.15) is 103 Å². The molecule has 0 aromatic heterocycles. The first-order chi connectivity index (χ1) is 18.6. The molecule has 0 unspecified atom stereocenters. The molecule has 0 heterocycles. The van der Waals surface area contributed by atoms with Gasteiger partial charge in [0.05, 0.1) is 0 Å². The molecule has 0 amide bonds. The molecule has 0 heteroatoms. The molecule has 0 nitrogen and oxygen atoms in total. The minimum Gasteiger partial charge on any atom is -0.0619 e.